The van der Waals surface area contributed by atoms with Gasteiger partial charge in [0.05, 0.1) is 18.1 Å². The first-order valence-electron chi connectivity index (χ1n) is 7.96. The van der Waals surface area contributed by atoms with E-state index in [9.17, 15) is 9.59 Å². The Hall–Kier alpha value is -2.77. The Bertz CT molecular complexity index is 691. The molecule has 3 heterocycles. The summed E-state index contributed by atoms with van der Waals surface area (Å²) in [5.41, 5.74) is 0.529. The maximum Gasteiger partial charge on any atom is 0.309 e. The highest BCUT2D eigenvalue weighted by atomic mass is 16.5. The lowest BCUT2D eigenvalue weighted by atomic mass is 9.96. The molecule has 0 atom stereocenters. The van der Waals surface area contributed by atoms with Gasteiger partial charge in [-0.2, -0.15) is 0 Å². The van der Waals surface area contributed by atoms with Gasteiger partial charge in [-0.1, -0.05) is 0 Å². The first-order chi connectivity index (χ1) is 11.7. The zero-order valence-electron chi connectivity index (χ0n) is 13.5. The van der Waals surface area contributed by atoms with Gasteiger partial charge in [0.1, 0.15) is 18.5 Å². The van der Waals surface area contributed by atoms with Crippen LogP contribution in [-0.4, -0.2) is 56.2 Å². The summed E-state index contributed by atoms with van der Waals surface area (Å²) < 4.78 is 6.71. The smallest absolute Gasteiger partial charge is 0.309 e. The Balaban J connectivity index is 1.60. The van der Waals surface area contributed by atoms with Gasteiger partial charge in [0.2, 0.25) is 0 Å². The maximum atomic E-state index is 12.5. The molecule has 0 saturated carbocycles. The van der Waals surface area contributed by atoms with Crippen molar-refractivity contribution in [2.45, 2.75) is 19.8 Å². The van der Waals surface area contributed by atoms with E-state index in [2.05, 4.69) is 15.2 Å². The largest absolute Gasteiger partial charge is 0.466 e. The fourth-order valence-electron chi connectivity index (χ4n) is 2.75. The summed E-state index contributed by atoms with van der Waals surface area (Å²) in [6.07, 6.45) is 5.91. The van der Waals surface area contributed by atoms with Gasteiger partial charge in [0, 0.05) is 19.3 Å². The van der Waals surface area contributed by atoms with Crippen LogP contribution in [-0.2, 0) is 9.53 Å². The molecule has 2 aromatic heterocycles. The molecule has 126 valence electrons. The van der Waals surface area contributed by atoms with E-state index in [1.54, 1.807) is 47.4 Å². The van der Waals surface area contributed by atoms with E-state index in [1.807, 2.05) is 0 Å². The van der Waals surface area contributed by atoms with Gasteiger partial charge in [-0.05, 0) is 31.9 Å². The van der Waals surface area contributed by atoms with Gasteiger partial charge in [0.15, 0.2) is 0 Å². The zero-order valence-corrected chi connectivity index (χ0v) is 13.5. The molecule has 1 aliphatic rings. The molecule has 1 fully saturated rings. The van der Waals surface area contributed by atoms with Crippen LogP contribution in [0.5, 0.6) is 0 Å². The summed E-state index contributed by atoms with van der Waals surface area (Å²) >= 11 is 0. The minimum absolute atomic E-state index is 0.0693. The first kappa shape index (κ1) is 16.1. The summed E-state index contributed by atoms with van der Waals surface area (Å²) in [6, 6.07) is 3.49. The van der Waals surface area contributed by atoms with Crippen LogP contribution in [0.15, 0.2) is 31.0 Å². The third kappa shape index (κ3) is 3.42. The topological polar surface area (TPSA) is 90.2 Å². The number of esters is 1. The molecule has 0 spiro atoms. The number of pyridine rings is 1. The van der Waals surface area contributed by atoms with E-state index in [0.29, 0.717) is 43.9 Å². The van der Waals surface area contributed by atoms with Crippen molar-refractivity contribution in [2.75, 3.05) is 19.7 Å². The predicted molar refractivity (Wildman–Crippen MR) is 84.4 cm³/mol. The fourth-order valence-corrected chi connectivity index (χ4v) is 2.75. The number of hydrogen-bond acceptors (Lipinski definition) is 6. The van der Waals surface area contributed by atoms with Crippen molar-refractivity contribution in [3.05, 3.63) is 36.5 Å². The summed E-state index contributed by atoms with van der Waals surface area (Å²) in [7, 11) is 0. The second kappa shape index (κ2) is 7.20. The summed E-state index contributed by atoms with van der Waals surface area (Å²) in [4.78, 5) is 30.3. The minimum Gasteiger partial charge on any atom is -0.466 e. The molecule has 2 aromatic rings. The SMILES string of the molecule is CCOC(=O)C1CCN(C(=O)c2ccc(-n3cnnc3)nc2)CC1. The molecule has 8 heteroatoms. The number of rotatable bonds is 4. The van der Waals surface area contributed by atoms with Gasteiger partial charge in [-0.15, -0.1) is 10.2 Å². The third-order valence-electron chi connectivity index (χ3n) is 4.08. The average molecular weight is 329 g/mol. The lowest BCUT2D eigenvalue weighted by molar-refractivity contribution is -0.149. The van der Waals surface area contributed by atoms with Gasteiger partial charge >= 0.3 is 5.97 Å². The van der Waals surface area contributed by atoms with Crippen LogP contribution in [0.1, 0.15) is 30.1 Å². The standard InChI is InChI=1S/C16H19N5O3/c1-2-24-16(23)12-5-7-20(8-6-12)15(22)13-3-4-14(17-9-13)21-10-18-19-11-21/h3-4,9-12H,2,5-8H2,1H3. The Kier molecular flexibility index (Phi) is 4.83. The highest BCUT2D eigenvalue weighted by Gasteiger charge is 2.28. The van der Waals surface area contributed by atoms with Crippen LogP contribution < -0.4 is 0 Å². The fraction of sp³-hybridized carbons (Fsp3) is 0.438. The van der Waals surface area contributed by atoms with Crippen LogP contribution in [0, 0.1) is 5.92 Å². The molecule has 0 aliphatic carbocycles. The maximum absolute atomic E-state index is 12.5. The van der Waals surface area contributed by atoms with Crippen molar-refractivity contribution < 1.29 is 14.3 Å². The first-order valence-corrected chi connectivity index (χ1v) is 7.96. The van der Waals surface area contributed by atoms with Crippen LogP contribution in [0.2, 0.25) is 0 Å². The number of carbonyl (C=O) groups excluding carboxylic acids is 2. The van der Waals surface area contributed by atoms with E-state index >= 15 is 0 Å². The molecule has 1 saturated heterocycles. The zero-order chi connectivity index (χ0) is 16.9. The Morgan fingerprint density at radius 1 is 1.21 bits per heavy atom. The molecule has 0 N–H and O–H groups in total. The molecule has 1 aliphatic heterocycles. The number of hydrogen-bond donors (Lipinski definition) is 0. The van der Waals surface area contributed by atoms with E-state index in [0.717, 1.165) is 0 Å². The van der Waals surface area contributed by atoms with Gasteiger partial charge in [-0.3, -0.25) is 14.2 Å². The number of piperidine rings is 1. The monoisotopic (exact) mass is 329 g/mol. The quantitative estimate of drug-likeness (QED) is 0.780. The van der Waals surface area contributed by atoms with Crippen molar-refractivity contribution in [1.29, 1.82) is 0 Å². The summed E-state index contributed by atoms with van der Waals surface area (Å²) in [6.45, 7) is 3.29. The molecule has 0 radical (unpaired) electrons. The molecular weight excluding hydrogens is 310 g/mol. The number of carbonyl (C=O) groups is 2. The molecule has 0 bridgehead atoms. The van der Waals surface area contributed by atoms with Crippen molar-refractivity contribution in [3.63, 3.8) is 0 Å². The molecule has 3 rings (SSSR count). The van der Waals surface area contributed by atoms with Crippen LogP contribution in [0.3, 0.4) is 0 Å². The minimum atomic E-state index is -0.162. The van der Waals surface area contributed by atoms with Crippen molar-refractivity contribution in [2.24, 2.45) is 5.92 Å². The normalized spacial score (nSPS) is 15.3. The highest BCUT2D eigenvalue weighted by molar-refractivity contribution is 5.94. The lowest BCUT2D eigenvalue weighted by Gasteiger charge is -2.30. The molecule has 0 unspecified atom stereocenters. The number of amides is 1. The van der Waals surface area contributed by atoms with Crippen molar-refractivity contribution in [3.8, 4) is 5.82 Å². The number of ether oxygens (including phenoxy) is 1. The molecule has 24 heavy (non-hydrogen) atoms. The average Bonchev–Trinajstić information content (AvgIpc) is 3.16. The van der Waals surface area contributed by atoms with Gasteiger partial charge in [0.25, 0.3) is 5.91 Å². The van der Waals surface area contributed by atoms with Crippen molar-refractivity contribution >= 4 is 11.9 Å². The van der Waals surface area contributed by atoms with Crippen LogP contribution in [0.25, 0.3) is 5.82 Å². The van der Waals surface area contributed by atoms with E-state index < -0.39 is 0 Å². The van der Waals surface area contributed by atoms with Gasteiger partial charge in [-0.25, -0.2) is 4.98 Å². The van der Waals surface area contributed by atoms with Crippen molar-refractivity contribution in [1.82, 2.24) is 24.6 Å². The third-order valence-corrected chi connectivity index (χ3v) is 4.08. The number of aromatic nitrogens is 4. The molecule has 1 amide bonds. The Morgan fingerprint density at radius 2 is 1.92 bits per heavy atom. The van der Waals surface area contributed by atoms with Crippen LogP contribution in [0.4, 0.5) is 0 Å². The Labute approximate surface area is 139 Å². The van der Waals surface area contributed by atoms with E-state index in [4.69, 9.17) is 4.74 Å². The summed E-state index contributed by atoms with van der Waals surface area (Å²) in [5, 5.41) is 7.45. The lowest BCUT2D eigenvalue weighted by Crippen LogP contribution is -2.40. The molecule has 0 aromatic carbocycles. The number of likely N-dealkylation sites (tertiary alicyclic amines) is 1. The molecular formula is C16H19N5O3. The highest BCUT2D eigenvalue weighted by Crippen LogP contribution is 2.20. The van der Waals surface area contributed by atoms with Crippen LogP contribution >= 0.6 is 0 Å². The second-order valence-electron chi connectivity index (χ2n) is 5.59. The van der Waals surface area contributed by atoms with E-state index in [1.165, 1.54) is 0 Å². The Morgan fingerprint density at radius 3 is 2.50 bits per heavy atom. The van der Waals surface area contributed by atoms with Gasteiger partial charge < -0.3 is 9.64 Å². The predicted octanol–water partition coefficient (Wildman–Crippen LogP) is 1.08. The summed E-state index contributed by atoms with van der Waals surface area (Å²) in [5.74, 6) is 0.311. The molecule has 8 nitrogen and oxygen atoms in total. The number of nitrogens with zero attached hydrogens (tertiary/aromatic N) is 5. The van der Waals surface area contributed by atoms with E-state index in [-0.39, 0.29) is 17.8 Å². The second-order valence-corrected chi connectivity index (χ2v) is 5.59.